The van der Waals surface area contributed by atoms with Gasteiger partial charge in [0.1, 0.15) is 5.82 Å². The molecule has 0 aromatic carbocycles. The maximum atomic E-state index is 12.4. The van der Waals surface area contributed by atoms with Crippen LogP contribution in [0.2, 0.25) is 0 Å². The normalized spacial score (nSPS) is 27.8. The van der Waals surface area contributed by atoms with Gasteiger partial charge in [0.2, 0.25) is 0 Å². The van der Waals surface area contributed by atoms with Gasteiger partial charge in [0, 0.05) is 17.3 Å². The highest BCUT2D eigenvalue weighted by molar-refractivity contribution is 5.95. The molecule has 3 N–H and O–H groups in total. The molecule has 2 aliphatic rings. The smallest absolute Gasteiger partial charge is 0.251 e. The fourth-order valence-corrected chi connectivity index (χ4v) is 3.80. The standard InChI is InChI=1S/C16H23N3O/c1-2-3-13-8-12(9-15(17)18-13)16(20)19-14-7-10-4-5-11(14)6-10/h8-11,14H,2-7H2,1H3,(H2,17,18)(H,19,20). The zero-order valence-corrected chi connectivity index (χ0v) is 12.1. The van der Waals surface area contributed by atoms with E-state index in [1.54, 1.807) is 6.07 Å². The molecular formula is C16H23N3O. The molecule has 0 radical (unpaired) electrons. The second kappa shape index (κ2) is 5.43. The number of nitrogen functional groups attached to an aromatic ring is 1. The van der Waals surface area contributed by atoms with Gasteiger partial charge in [-0.1, -0.05) is 19.8 Å². The number of hydrogen-bond acceptors (Lipinski definition) is 3. The second-order valence-corrected chi connectivity index (χ2v) is 6.28. The highest BCUT2D eigenvalue weighted by atomic mass is 16.1. The van der Waals surface area contributed by atoms with Crippen molar-refractivity contribution in [3.63, 3.8) is 0 Å². The van der Waals surface area contributed by atoms with Crippen LogP contribution in [-0.4, -0.2) is 16.9 Å². The van der Waals surface area contributed by atoms with Crippen LogP contribution < -0.4 is 11.1 Å². The van der Waals surface area contributed by atoms with Crippen molar-refractivity contribution >= 4 is 11.7 Å². The third-order valence-corrected chi connectivity index (χ3v) is 4.72. The topological polar surface area (TPSA) is 68.0 Å². The summed E-state index contributed by atoms with van der Waals surface area (Å²) < 4.78 is 0. The Balaban J connectivity index is 1.70. The lowest BCUT2D eigenvalue weighted by atomic mass is 9.95. The predicted octanol–water partition coefficient (Wildman–Crippen LogP) is 2.53. The van der Waals surface area contributed by atoms with Crippen LogP contribution in [0.1, 0.15) is 55.1 Å². The van der Waals surface area contributed by atoms with Gasteiger partial charge in [-0.25, -0.2) is 4.98 Å². The number of aromatic nitrogens is 1. The molecule has 2 saturated carbocycles. The minimum Gasteiger partial charge on any atom is -0.384 e. The SMILES string of the molecule is CCCc1cc(C(=O)NC2CC3CCC2C3)cc(N)n1. The fraction of sp³-hybridized carbons (Fsp3) is 0.625. The molecule has 1 aromatic heterocycles. The number of fused-ring (bicyclic) bond motifs is 2. The van der Waals surface area contributed by atoms with Gasteiger partial charge in [-0.15, -0.1) is 0 Å². The van der Waals surface area contributed by atoms with E-state index in [9.17, 15) is 4.79 Å². The summed E-state index contributed by atoms with van der Waals surface area (Å²) in [4.78, 5) is 16.7. The summed E-state index contributed by atoms with van der Waals surface area (Å²) in [6.45, 7) is 2.10. The van der Waals surface area contributed by atoms with E-state index in [2.05, 4.69) is 17.2 Å². The summed E-state index contributed by atoms with van der Waals surface area (Å²) in [7, 11) is 0. The Kier molecular flexibility index (Phi) is 3.64. The lowest BCUT2D eigenvalue weighted by Crippen LogP contribution is -2.38. The molecule has 1 heterocycles. The Morgan fingerprint density at radius 1 is 1.40 bits per heavy atom. The Bertz CT molecular complexity index is 514. The van der Waals surface area contributed by atoms with E-state index < -0.39 is 0 Å². The van der Waals surface area contributed by atoms with Crippen LogP contribution in [0.15, 0.2) is 12.1 Å². The van der Waals surface area contributed by atoms with E-state index in [-0.39, 0.29) is 5.91 Å². The number of carbonyl (C=O) groups excluding carboxylic acids is 1. The van der Waals surface area contributed by atoms with E-state index in [1.165, 1.54) is 19.3 Å². The maximum Gasteiger partial charge on any atom is 0.251 e. The van der Waals surface area contributed by atoms with Crippen molar-refractivity contribution in [3.8, 4) is 0 Å². The van der Waals surface area contributed by atoms with Crippen molar-refractivity contribution in [1.82, 2.24) is 10.3 Å². The number of pyridine rings is 1. The Hall–Kier alpha value is -1.58. The Labute approximate surface area is 120 Å². The fourth-order valence-electron chi connectivity index (χ4n) is 3.80. The monoisotopic (exact) mass is 273 g/mol. The first kappa shape index (κ1) is 13.4. The number of nitrogens with zero attached hydrogens (tertiary/aromatic N) is 1. The van der Waals surface area contributed by atoms with Gasteiger partial charge in [0.15, 0.2) is 0 Å². The van der Waals surface area contributed by atoms with Crippen LogP contribution in [0.3, 0.4) is 0 Å². The third-order valence-electron chi connectivity index (χ3n) is 4.72. The van der Waals surface area contributed by atoms with E-state index in [4.69, 9.17) is 5.73 Å². The number of anilines is 1. The molecule has 108 valence electrons. The number of nitrogens with two attached hydrogens (primary N) is 1. The molecule has 20 heavy (non-hydrogen) atoms. The molecule has 1 amide bonds. The van der Waals surface area contributed by atoms with Crippen molar-refractivity contribution < 1.29 is 4.79 Å². The Morgan fingerprint density at radius 3 is 2.90 bits per heavy atom. The largest absolute Gasteiger partial charge is 0.384 e. The quantitative estimate of drug-likeness (QED) is 0.885. The highest BCUT2D eigenvalue weighted by Crippen LogP contribution is 2.44. The van der Waals surface area contributed by atoms with Gasteiger partial charge in [0.05, 0.1) is 0 Å². The van der Waals surface area contributed by atoms with Crippen molar-refractivity contribution in [2.75, 3.05) is 5.73 Å². The van der Waals surface area contributed by atoms with E-state index in [1.807, 2.05) is 6.07 Å². The molecular weight excluding hydrogens is 250 g/mol. The first-order chi connectivity index (χ1) is 9.65. The molecule has 3 rings (SSSR count). The number of amides is 1. The summed E-state index contributed by atoms with van der Waals surface area (Å²) in [5, 5.41) is 3.20. The van der Waals surface area contributed by atoms with Gasteiger partial charge >= 0.3 is 0 Å². The van der Waals surface area contributed by atoms with Gasteiger partial charge in [-0.2, -0.15) is 0 Å². The summed E-state index contributed by atoms with van der Waals surface area (Å²) in [6.07, 6.45) is 6.93. The van der Waals surface area contributed by atoms with Crippen LogP contribution in [-0.2, 0) is 6.42 Å². The summed E-state index contributed by atoms with van der Waals surface area (Å²) in [5.41, 5.74) is 7.37. The molecule has 4 nitrogen and oxygen atoms in total. The number of nitrogens with one attached hydrogen (secondary N) is 1. The Morgan fingerprint density at radius 2 is 2.25 bits per heavy atom. The van der Waals surface area contributed by atoms with Crippen LogP contribution in [0, 0.1) is 11.8 Å². The number of hydrogen-bond donors (Lipinski definition) is 2. The zero-order chi connectivity index (χ0) is 14.1. The molecule has 0 spiro atoms. The zero-order valence-electron chi connectivity index (χ0n) is 12.1. The average molecular weight is 273 g/mol. The number of rotatable bonds is 4. The average Bonchev–Trinajstić information content (AvgIpc) is 3.00. The summed E-state index contributed by atoms with van der Waals surface area (Å²) in [6, 6.07) is 3.93. The molecule has 0 saturated heterocycles. The van der Waals surface area contributed by atoms with Gasteiger partial charge in [-0.3, -0.25) is 4.79 Å². The molecule has 2 fully saturated rings. The molecule has 3 unspecified atom stereocenters. The van der Waals surface area contributed by atoms with Crippen molar-refractivity contribution in [1.29, 1.82) is 0 Å². The molecule has 1 aromatic rings. The first-order valence-corrected chi connectivity index (χ1v) is 7.73. The van der Waals surface area contributed by atoms with Crippen molar-refractivity contribution in [2.45, 2.75) is 51.5 Å². The highest BCUT2D eigenvalue weighted by Gasteiger charge is 2.40. The maximum absolute atomic E-state index is 12.4. The van der Waals surface area contributed by atoms with E-state index in [0.717, 1.165) is 30.9 Å². The van der Waals surface area contributed by atoms with E-state index in [0.29, 0.717) is 23.3 Å². The summed E-state index contributed by atoms with van der Waals surface area (Å²) in [5.74, 6) is 1.98. The van der Waals surface area contributed by atoms with Crippen LogP contribution in [0.5, 0.6) is 0 Å². The van der Waals surface area contributed by atoms with E-state index >= 15 is 0 Å². The molecule has 2 aliphatic carbocycles. The van der Waals surface area contributed by atoms with Crippen molar-refractivity contribution in [3.05, 3.63) is 23.4 Å². The van der Waals surface area contributed by atoms with Gasteiger partial charge < -0.3 is 11.1 Å². The molecule has 4 heteroatoms. The predicted molar refractivity (Wildman–Crippen MR) is 79.3 cm³/mol. The minimum absolute atomic E-state index is 0.00834. The molecule has 2 bridgehead atoms. The van der Waals surface area contributed by atoms with Crippen molar-refractivity contribution in [2.24, 2.45) is 11.8 Å². The molecule has 3 atom stereocenters. The number of aryl methyl sites for hydroxylation is 1. The van der Waals surface area contributed by atoms with Gasteiger partial charge in [0.25, 0.3) is 5.91 Å². The lowest BCUT2D eigenvalue weighted by Gasteiger charge is -2.23. The number of carbonyl (C=O) groups is 1. The van der Waals surface area contributed by atoms with Crippen LogP contribution in [0.4, 0.5) is 5.82 Å². The lowest BCUT2D eigenvalue weighted by molar-refractivity contribution is 0.0922. The first-order valence-electron chi connectivity index (χ1n) is 7.73. The second-order valence-electron chi connectivity index (χ2n) is 6.28. The third kappa shape index (κ3) is 2.65. The minimum atomic E-state index is 0.00834. The van der Waals surface area contributed by atoms with Gasteiger partial charge in [-0.05, 0) is 49.7 Å². The van der Waals surface area contributed by atoms with Crippen LogP contribution in [0.25, 0.3) is 0 Å². The summed E-state index contributed by atoms with van der Waals surface area (Å²) >= 11 is 0. The van der Waals surface area contributed by atoms with Crippen LogP contribution >= 0.6 is 0 Å². The molecule has 0 aliphatic heterocycles.